The van der Waals surface area contributed by atoms with Gasteiger partial charge in [-0.05, 0) is 43.5 Å². The zero-order valence-corrected chi connectivity index (χ0v) is 9.69. The van der Waals surface area contributed by atoms with Crippen molar-refractivity contribution in [2.45, 2.75) is 32.2 Å². The second kappa shape index (κ2) is 5.80. The fraction of sp³-hybridized carbons (Fsp3) is 0.500. The second-order valence-corrected chi connectivity index (χ2v) is 4.51. The minimum Gasteiger partial charge on any atom is -0.303 e. The van der Waals surface area contributed by atoms with Gasteiger partial charge in [0.2, 0.25) is 0 Å². The van der Waals surface area contributed by atoms with Crippen LogP contribution in [0, 0.1) is 0 Å². The van der Waals surface area contributed by atoms with Gasteiger partial charge >= 0.3 is 0 Å². The highest BCUT2D eigenvalue weighted by atomic mass is 16.1. The van der Waals surface area contributed by atoms with Gasteiger partial charge in [0.05, 0.1) is 0 Å². The van der Waals surface area contributed by atoms with Gasteiger partial charge in [-0.15, -0.1) is 0 Å². The zero-order chi connectivity index (χ0) is 11.2. The molecule has 1 aromatic carbocycles. The van der Waals surface area contributed by atoms with Crippen molar-refractivity contribution in [1.82, 2.24) is 4.90 Å². The number of benzene rings is 1. The van der Waals surface area contributed by atoms with Crippen LogP contribution in [0.4, 0.5) is 0 Å². The molecule has 0 unspecified atom stereocenters. The predicted molar refractivity (Wildman–Crippen MR) is 65.3 cm³/mol. The molecule has 1 saturated heterocycles. The summed E-state index contributed by atoms with van der Waals surface area (Å²) in [6.07, 6.45) is 5.17. The molecular formula is C14H19NO. The smallest absolute Gasteiger partial charge is 0.120 e. The maximum atomic E-state index is 10.3. The van der Waals surface area contributed by atoms with E-state index in [0.717, 1.165) is 19.3 Å². The quantitative estimate of drug-likeness (QED) is 0.706. The highest BCUT2D eigenvalue weighted by molar-refractivity contribution is 5.50. The number of carbonyl (C=O) groups is 1. The highest BCUT2D eigenvalue weighted by Gasteiger charge is 2.11. The summed E-state index contributed by atoms with van der Waals surface area (Å²) in [6, 6.07) is 8.63. The number of hydrogen-bond donors (Lipinski definition) is 0. The lowest BCUT2D eigenvalue weighted by Crippen LogP contribution is -2.18. The lowest BCUT2D eigenvalue weighted by atomic mass is 10.1. The van der Waals surface area contributed by atoms with E-state index in [1.165, 1.54) is 37.1 Å². The Bertz CT molecular complexity index is 342. The first-order valence-corrected chi connectivity index (χ1v) is 6.12. The van der Waals surface area contributed by atoms with Gasteiger partial charge in [-0.1, -0.05) is 24.3 Å². The maximum Gasteiger partial charge on any atom is 0.120 e. The molecule has 0 atom stereocenters. The fourth-order valence-electron chi connectivity index (χ4n) is 2.31. The molecule has 0 amide bonds. The average Bonchev–Trinajstić information content (AvgIpc) is 2.80. The van der Waals surface area contributed by atoms with E-state index in [1.54, 1.807) is 0 Å². The van der Waals surface area contributed by atoms with E-state index in [4.69, 9.17) is 0 Å². The standard InChI is InChI=1S/C14H19NO/c16-10-4-7-13-5-3-6-14(11-13)12-15-8-1-2-9-15/h3,5-6,10-11H,1-2,4,7-9,12H2. The summed E-state index contributed by atoms with van der Waals surface area (Å²) >= 11 is 0. The topological polar surface area (TPSA) is 20.3 Å². The van der Waals surface area contributed by atoms with E-state index in [0.29, 0.717) is 6.42 Å². The van der Waals surface area contributed by atoms with E-state index in [-0.39, 0.29) is 0 Å². The molecule has 2 nitrogen and oxygen atoms in total. The number of rotatable bonds is 5. The Balaban J connectivity index is 1.94. The average molecular weight is 217 g/mol. The van der Waals surface area contributed by atoms with Crippen molar-refractivity contribution in [3.05, 3.63) is 35.4 Å². The molecule has 1 aliphatic rings. The number of hydrogen-bond acceptors (Lipinski definition) is 2. The molecule has 1 heterocycles. The molecule has 0 bridgehead atoms. The number of aryl methyl sites for hydroxylation is 1. The van der Waals surface area contributed by atoms with Crippen LogP contribution in [-0.2, 0) is 17.8 Å². The lowest BCUT2D eigenvalue weighted by molar-refractivity contribution is -0.107. The van der Waals surface area contributed by atoms with Gasteiger partial charge < -0.3 is 4.79 Å². The number of nitrogens with zero attached hydrogens (tertiary/aromatic N) is 1. The van der Waals surface area contributed by atoms with Crippen molar-refractivity contribution in [2.75, 3.05) is 13.1 Å². The van der Waals surface area contributed by atoms with Crippen LogP contribution in [0.3, 0.4) is 0 Å². The first kappa shape index (κ1) is 11.3. The van der Waals surface area contributed by atoms with Crippen LogP contribution in [0.25, 0.3) is 0 Å². The van der Waals surface area contributed by atoms with Gasteiger partial charge in [-0.2, -0.15) is 0 Å². The van der Waals surface area contributed by atoms with Crippen molar-refractivity contribution in [3.63, 3.8) is 0 Å². The molecule has 0 aliphatic carbocycles. The van der Waals surface area contributed by atoms with Crippen molar-refractivity contribution >= 4 is 6.29 Å². The van der Waals surface area contributed by atoms with E-state index < -0.39 is 0 Å². The van der Waals surface area contributed by atoms with Gasteiger partial charge in [-0.3, -0.25) is 4.90 Å². The van der Waals surface area contributed by atoms with Crippen LogP contribution >= 0.6 is 0 Å². The third-order valence-electron chi connectivity index (χ3n) is 3.15. The van der Waals surface area contributed by atoms with Crippen LogP contribution in [0.2, 0.25) is 0 Å². The molecule has 0 saturated carbocycles. The molecule has 0 aromatic heterocycles. The summed E-state index contributed by atoms with van der Waals surface area (Å²) in [5, 5.41) is 0. The Labute approximate surface area is 97.3 Å². The summed E-state index contributed by atoms with van der Waals surface area (Å²) in [5.41, 5.74) is 2.66. The molecule has 86 valence electrons. The molecule has 1 fully saturated rings. The maximum absolute atomic E-state index is 10.3. The summed E-state index contributed by atoms with van der Waals surface area (Å²) in [7, 11) is 0. The number of carbonyl (C=O) groups excluding carboxylic acids is 1. The second-order valence-electron chi connectivity index (χ2n) is 4.51. The molecule has 0 N–H and O–H groups in total. The van der Waals surface area contributed by atoms with Crippen molar-refractivity contribution in [1.29, 1.82) is 0 Å². The fourth-order valence-corrected chi connectivity index (χ4v) is 2.31. The van der Waals surface area contributed by atoms with Gasteiger partial charge in [0.15, 0.2) is 0 Å². The Hall–Kier alpha value is -1.15. The van der Waals surface area contributed by atoms with Crippen LogP contribution < -0.4 is 0 Å². The first-order chi connectivity index (χ1) is 7.88. The normalized spacial score (nSPS) is 16.5. The minimum absolute atomic E-state index is 0.632. The molecule has 0 spiro atoms. The summed E-state index contributed by atoms with van der Waals surface area (Å²) < 4.78 is 0. The van der Waals surface area contributed by atoms with E-state index in [9.17, 15) is 4.79 Å². The zero-order valence-electron chi connectivity index (χ0n) is 9.69. The molecule has 16 heavy (non-hydrogen) atoms. The van der Waals surface area contributed by atoms with Gasteiger partial charge in [0.25, 0.3) is 0 Å². The van der Waals surface area contributed by atoms with Crippen LogP contribution in [0.15, 0.2) is 24.3 Å². The Morgan fingerprint density at radius 1 is 1.19 bits per heavy atom. The highest BCUT2D eigenvalue weighted by Crippen LogP contribution is 2.14. The van der Waals surface area contributed by atoms with Crippen LogP contribution in [0.1, 0.15) is 30.4 Å². The van der Waals surface area contributed by atoms with E-state index >= 15 is 0 Å². The largest absolute Gasteiger partial charge is 0.303 e. The SMILES string of the molecule is O=CCCc1cccc(CN2CCCC2)c1. The molecule has 1 aromatic rings. The van der Waals surface area contributed by atoms with Crippen molar-refractivity contribution < 1.29 is 4.79 Å². The predicted octanol–water partition coefficient (Wildman–Crippen LogP) is 2.41. The number of likely N-dealkylation sites (tertiary alicyclic amines) is 1. The third kappa shape index (κ3) is 3.17. The van der Waals surface area contributed by atoms with Crippen LogP contribution in [0.5, 0.6) is 0 Å². The Morgan fingerprint density at radius 3 is 2.69 bits per heavy atom. The minimum atomic E-state index is 0.632. The van der Waals surface area contributed by atoms with Gasteiger partial charge in [0.1, 0.15) is 6.29 Å². The van der Waals surface area contributed by atoms with E-state index in [2.05, 4.69) is 29.2 Å². The van der Waals surface area contributed by atoms with E-state index in [1.807, 2.05) is 0 Å². The molecular weight excluding hydrogens is 198 g/mol. The first-order valence-electron chi connectivity index (χ1n) is 6.12. The van der Waals surface area contributed by atoms with Gasteiger partial charge in [0, 0.05) is 13.0 Å². The Morgan fingerprint density at radius 2 is 1.94 bits per heavy atom. The molecule has 2 rings (SSSR count). The van der Waals surface area contributed by atoms with Crippen molar-refractivity contribution in [3.8, 4) is 0 Å². The summed E-state index contributed by atoms with van der Waals surface area (Å²) in [4.78, 5) is 12.8. The van der Waals surface area contributed by atoms with Gasteiger partial charge in [-0.25, -0.2) is 0 Å². The molecule has 0 radical (unpaired) electrons. The number of aldehydes is 1. The molecule has 1 aliphatic heterocycles. The molecule has 2 heteroatoms. The van der Waals surface area contributed by atoms with Crippen molar-refractivity contribution in [2.24, 2.45) is 0 Å². The third-order valence-corrected chi connectivity index (χ3v) is 3.15. The summed E-state index contributed by atoms with van der Waals surface area (Å²) in [6.45, 7) is 3.53. The summed E-state index contributed by atoms with van der Waals surface area (Å²) in [5.74, 6) is 0. The van der Waals surface area contributed by atoms with Crippen LogP contribution in [-0.4, -0.2) is 24.3 Å². The Kier molecular flexibility index (Phi) is 4.11. The monoisotopic (exact) mass is 217 g/mol. The lowest BCUT2D eigenvalue weighted by Gasteiger charge is -2.14.